The number of nitrogen functional groups attached to an aromatic ring is 1. The lowest BCUT2D eigenvalue weighted by Gasteiger charge is -2.07. The maximum absolute atomic E-state index is 12.3. The van der Waals surface area contributed by atoms with Crippen molar-refractivity contribution in [2.75, 3.05) is 11.1 Å². The molecule has 0 saturated heterocycles. The van der Waals surface area contributed by atoms with Gasteiger partial charge in [0.2, 0.25) is 0 Å². The molecule has 3 aromatic rings. The number of hydrogen-bond acceptors (Lipinski definition) is 2. The van der Waals surface area contributed by atoms with Crippen LogP contribution in [0.15, 0.2) is 46.9 Å². The predicted octanol–water partition coefficient (Wildman–Crippen LogP) is 4.07. The van der Waals surface area contributed by atoms with Gasteiger partial charge < -0.3 is 16.0 Å². The fraction of sp³-hybridized carbons (Fsp3) is 0.0625. The number of amides is 1. The molecule has 5 heteroatoms. The van der Waals surface area contributed by atoms with E-state index in [1.807, 2.05) is 37.3 Å². The Morgan fingerprint density at radius 3 is 2.81 bits per heavy atom. The van der Waals surface area contributed by atoms with Crippen LogP contribution in [0.4, 0.5) is 11.4 Å². The van der Waals surface area contributed by atoms with Gasteiger partial charge in [0, 0.05) is 26.8 Å². The molecule has 1 aromatic heterocycles. The summed E-state index contributed by atoms with van der Waals surface area (Å²) in [5.41, 5.74) is 9.62. The number of halogens is 1. The molecule has 0 radical (unpaired) electrons. The van der Waals surface area contributed by atoms with Gasteiger partial charge in [-0.05, 0) is 48.9 Å². The molecule has 0 unspecified atom stereocenters. The first kappa shape index (κ1) is 13.7. The van der Waals surface area contributed by atoms with Crippen LogP contribution in [-0.2, 0) is 0 Å². The molecule has 2 aromatic carbocycles. The van der Waals surface area contributed by atoms with Gasteiger partial charge in [0.1, 0.15) is 5.69 Å². The molecule has 0 aliphatic rings. The van der Waals surface area contributed by atoms with Crippen molar-refractivity contribution < 1.29 is 4.79 Å². The van der Waals surface area contributed by atoms with E-state index in [2.05, 4.69) is 26.2 Å². The van der Waals surface area contributed by atoms with Crippen LogP contribution in [0.2, 0.25) is 0 Å². The number of hydrogen-bond donors (Lipinski definition) is 3. The smallest absolute Gasteiger partial charge is 0.272 e. The predicted molar refractivity (Wildman–Crippen MR) is 89.5 cm³/mol. The first-order valence-electron chi connectivity index (χ1n) is 6.49. The molecule has 0 fully saturated rings. The van der Waals surface area contributed by atoms with E-state index in [0.29, 0.717) is 11.4 Å². The third-order valence-electron chi connectivity index (χ3n) is 3.34. The Kier molecular flexibility index (Phi) is 3.43. The summed E-state index contributed by atoms with van der Waals surface area (Å²) in [7, 11) is 0. The monoisotopic (exact) mass is 343 g/mol. The van der Waals surface area contributed by atoms with Crippen molar-refractivity contribution in [3.63, 3.8) is 0 Å². The molecular weight excluding hydrogens is 330 g/mol. The van der Waals surface area contributed by atoms with Crippen molar-refractivity contribution in [1.82, 2.24) is 4.98 Å². The van der Waals surface area contributed by atoms with Crippen molar-refractivity contribution in [2.24, 2.45) is 0 Å². The summed E-state index contributed by atoms with van der Waals surface area (Å²) in [6.07, 6.45) is 0. The van der Waals surface area contributed by atoms with Crippen LogP contribution < -0.4 is 11.1 Å². The molecule has 0 atom stereocenters. The lowest BCUT2D eigenvalue weighted by molar-refractivity contribution is 0.102. The number of nitrogens with one attached hydrogen (secondary N) is 2. The zero-order valence-electron chi connectivity index (χ0n) is 11.4. The van der Waals surface area contributed by atoms with Gasteiger partial charge in [-0.3, -0.25) is 4.79 Å². The average Bonchev–Trinajstić information content (AvgIpc) is 2.86. The zero-order chi connectivity index (χ0) is 15.0. The number of benzene rings is 2. The molecule has 4 N–H and O–H groups in total. The summed E-state index contributed by atoms with van der Waals surface area (Å²) >= 11 is 3.41. The van der Waals surface area contributed by atoms with E-state index in [1.54, 1.807) is 12.1 Å². The van der Waals surface area contributed by atoms with Crippen LogP contribution in [0.5, 0.6) is 0 Å². The minimum Gasteiger partial charge on any atom is -0.399 e. The summed E-state index contributed by atoms with van der Waals surface area (Å²) in [6, 6.07) is 13.1. The number of aromatic amines is 1. The maximum Gasteiger partial charge on any atom is 0.272 e. The Morgan fingerprint density at radius 1 is 1.19 bits per heavy atom. The Hall–Kier alpha value is -2.27. The molecule has 0 saturated carbocycles. The first-order chi connectivity index (χ1) is 10.0. The van der Waals surface area contributed by atoms with Gasteiger partial charge in [-0.25, -0.2) is 0 Å². The number of carbonyl (C=O) groups excluding carboxylic acids is 1. The van der Waals surface area contributed by atoms with Gasteiger partial charge in [-0.2, -0.15) is 0 Å². The quantitative estimate of drug-likeness (QED) is 0.613. The normalized spacial score (nSPS) is 10.8. The van der Waals surface area contributed by atoms with Crippen molar-refractivity contribution in [2.45, 2.75) is 6.92 Å². The van der Waals surface area contributed by atoms with Gasteiger partial charge in [0.05, 0.1) is 0 Å². The highest BCUT2D eigenvalue weighted by atomic mass is 79.9. The lowest BCUT2D eigenvalue weighted by atomic mass is 10.2. The largest absolute Gasteiger partial charge is 0.399 e. The number of H-pyrrole nitrogens is 1. The highest BCUT2D eigenvalue weighted by molar-refractivity contribution is 9.10. The summed E-state index contributed by atoms with van der Waals surface area (Å²) in [6.45, 7) is 1.95. The third-order valence-corrected chi connectivity index (χ3v) is 3.83. The van der Waals surface area contributed by atoms with Crippen molar-refractivity contribution >= 4 is 44.1 Å². The summed E-state index contributed by atoms with van der Waals surface area (Å²) in [5.74, 6) is -0.175. The molecule has 0 aliphatic carbocycles. The van der Waals surface area contributed by atoms with E-state index >= 15 is 0 Å². The number of aromatic nitrogens is 1. The van der Waals surface area contributed by atoms with Gasteiger partial charge in [0.15, 0.2) is 0 Å². The Morgan fingerprint density at radius 2 is 2.00 bits per heavy atom. The molecule has 0 spiro atoms. The number of anilines is 2. The van der Waals surface area contributed by atoms with Crippen LogP contribution >= 0.6 is 15.9 Å². The topological polar surface area (TPSA) is 70.9 Å². The molecule has 3 rings (SSSR count). The summed E-state index contributed by atoms with van der Waals surface area (Å²) < 4.78 is 0.924. The van der Waals surface area contributed by atoms with Gasteiger partial charge in [-0.15, -0.1) is 0 Å². The molecule has 1 amide bonds. The van der Waals surface area contributed by atoms with Crippen LogP contribution in [-0.4, -0.2) is 10.9 Å². The fourth-order valence-corrected chi connectivity index (χ4v) is 2.55. The molecular formula is C16H14BrN3O. The number of fused-ring (bicyclic) bond motifs is 1. The van der Waals surface area contributed by atoms with Crippen molar-refractivity contribution in [1.29, 1.82) is 0 Å². The molecule has 0 aliphatic heterocycles. The van der Waals surface area contributed by atoms with E-state index in [4.69, 9.17) is 5.73 Å². The number of rotatable bonds is 2. The van der Waals surface area contributed by atoms with Crippen LogP contribution in [0, 0.1) is 6.92 Å². The maximum atomic E-state index is 12.3. The second-order valence-electron chi connectivity index (χ2n) is 4.94. The number of nitrogens with two attached hydrogens (primary N) is 1. The molecule has 21 heavy (non-hydrogen) atoms. The SMILES string of the molecule is Cc1ccc(Br)cc1NC(=O)c1cc2cc(N)ccc2[nH]1. The van der Waals surface area contributed by atoms with Crippen molar-refractivity contribution in [3.05, 3.63) is 58.2 Å². The second-order valence-corrected chi connectivity index (χ2v) is 5.86. The van der Waals surface area contributed by atoms with Crippen molar-refractivity contribution in [3.8, 4) is 0 Å². The number of aryl methyl sites for hydroxylation is 1. The van der Waals surface area contributed by atoms with Gasteiger partial charge in [0.25, 0.3) is 5.91 Å². The fourth-order valence-electron chi connectivity index (χ4n) is 2.19. The molecule has 106 valence electrons. The lowest BCUT2D eigenvalue weighted by Crippen LogP contribution is -2.13. The van der Waals surface area contributed by atoms with E-state index in [1.165, 1.54) is 0 Å². The average molecular weight is 344 g/mol. The van der Waals surface area contributed by atoms with Crippen LogP contribution in [0.25, 0.3) is 10.9 Å². The highest BCUT2D eigenvalue weighted by Gasteiger charge is 2.11. The standard InChI is InChI=1S/C16H14BrN3O/c1-9-2-3-11(17)8-14(9)20-16(21)15-7-10-6-12(18)4-5-13(10)19-15/h2-8,19H,18H2,1H3,(H,20,21). The summed E-state index contributed by atoms with van der Waals surface area (Å²) in [4.78, 5) is 15.4. The first-order valence-corrected chi connectivity index (χ1v) is 7.28. The zero-order valence-corrected chi connectivity index (χ0v) is 13.0. The molecule has 4 nitrogen and oxygen atoms in total. The van der Waals surface area contributed by atoms with Crippen LogP contribution in [0.3, 0.4) is 0 Å². The summed E-state index contributed by atoms with van der Waals surface area (Å²) in [5, 5.41) is 3.83. The Bertz CT molecular complexity index is 839. The number of carbonyl (C=O) groups is 1. The Balaban J connectivity index is 1.91. The minimum atomic E-state index is -0.175. The van der Waals surface area contributed by atoms with Crippen LogP contribution in [0.1, 0.15) is 16.1 Å². The van der Waals surface area contributed by atoms with E-state index in [0.717, 1.165) is 26.6 Å². The van der Waals surface area contributed by atoms with E-state index in [-0.39, 0.29) is 5.91 Å². The third kappa shape index (κ3) is 2.78. The molecule has 0 bridgehead atoms. The minimum absolute atomic E-state index is 0.175. The van der Waals surface area contributed by atoms with E-state index in [9.17, 15) is 4.79 Å². The van der Waals surface area contributed by atoms with E-state index < -0.39 is 0 Å². The highest BCUT2D eigenvalue weighted by Crippen LogP contribution is 2.23. The second kappa shape index (κ2) is 5.26. The molecule has 1 heterocycles. The Labute approximate surface area is 130 Å². The van der Waals surface area contributed by atoms with Gasteiger partial charge >= 0.3 is 0 Å². The van der Waals surface area contributed by atoms with Gasteiger partial charge in [-0.1, -0.05) is 22.0 Å².